The lowest BCUT2D eigenvalue weighted by Crippen LogP contribution is -2.20. The van der Waals surface area contributed by atoms with Crippen LogP contribution >= 0.6 is 0 Å². The molecule has 2 aromatic rings. The van der Waals surface area contributed by atoms with Gasteiger partial charge >= 0.3 is 0 Å². The Morgan fingerprint density at radius 2 is 1.68 bits per heavy atom. The van der Waals surface area contributed by atoms with Gasteiger partial charge in [-0.25, -0.2) is 0 Å². The summed E-state index contributed by atoms with van der Waals surface area (Å²) in [7, 11) is 1.89. The van der Waals surface area contributed by atoms with E-state index >= 15 is 0 Å². The highest BCUT2D eigenvalue weighted by Crippen LogP contribution is 2.18. The lowest BCUT2D eigenvalue weighted by molar-refractivity contribution is 0.0970. The Morgan fingerprint density at radius 3 is 2.26 bits per heavy atom. The molecule has 0 saturated heterocycles. The monoisotopic (exact) mass is 253 g/mol. The number of rotatable bonds is 5. The highest BCUT2D eigenvalue weighted by molar-refractivity contribution is 5.96. The van der Waals surface area contributed by atoms with Crippen LogP contribution in [0.15, 0.2) is 54.6 Å². The van der Waals surface area contributed by atoms with Crippen LogP contribution in [0.5, 0.6) is 0 Å². The summed E-state index contributed by atoms with van der Waals surface area (Å²) in [5, 5.41) is 3.21. The molecule has 0 amide bonds. The Morgan fingerprint density at radius 1 is 1.05 bits per heavy atom. The maximum Gasteiger partial charge on any atom is 0.164 e. The van der Waals surface area contributed by atoms with Crippen molar-refractivity contribution in [3.63, 3.8) is 0 Å². The van der Waals surface area contributed by atoms with Gasteiger partial charge in [0.1, 0.15) is 0 Å². The van der Waals surface area contributed by atoms with Crippen molar-refractivity contribution in [1.82, 2.24) is 5.32 Å². The van der Waals surface area contributed by atoms with E-state index in [4.69, 9.17) is 0 Å². The first kappa shape index (κ1) is 13.5. The van der Waals surface area contributed by atoms with Crippen molar-refractivity contribution in [2.45, 2.75) is 19.4 Å². The van der Waals surface area contributed by atoms with Crippen LogP contribution in [0.25, 0.3) is 0 Å². The first-order chi connectivity index (χ1) is 9.20. The van der Waals surface area contributed by atoms with Crippen molar-refractivity contribution in [2.75, 3.05) is 7.05 Å². The first-order valence-electron chi connectivity index (χ1n) is 6.53. The molecular weight excluding hydrogens is 234 g/mol. The summed E-state index contributed by atoms with van der Waals surface area (Å²) in [6.07, 6.45) is 0.476. The van der Waals surface area contributed by atoms with Gasteiger partial charge in [0.2, 0.25) is 0 Å². The summed E-state index contributed by atoms with van der Waals surface area (Å²) < 4.78 is 0. The zero-order chi connectivity index (χ0) is 13.7. The topological polar surface area (TPSA) is 29.1 Å². The van der Waals surface area contributed by atoms with Crippen LogP contribution in [0.3, 0.4) is 0 Å². The third kappa shape index (κ3) is 3.52. The Hall–Kier alpha value is -1.93. The number of benzene rings is 2. The van der Waals surface area contributed by atoms with Crippen LogP contribution in [0.1, 0.15) is 33.9 Å². The summed E-state index contributed by atoms with van der Waals surface area (Å²) in [6, 6.07) is 17.9. The largest absolute Gasteiger partial charge is 0.313 e. The van der Waals surface area contributed by atoms with Crippen molar-refractivity contribution in [2.24, 2.45) is 0 Å². The predicted molar refractivity (Wildman–Crippen MR) is 78.4 cm³/mol. The summed E-state index contributed by atoms with van der Waals surface area (Å²) in [5.74, 6) is 0.170. The molecule has 2 nitrogen and oxygen atoms in total. The number of carbonyl (C=O) groups is 1. The van der Waals surface area contributed by atoms with E-state index < -0.39 is 0 Å². The molecule has 0 fully saturated rings. The number of hydrogen-bond donors (Lipinski definition) is 1. The van der Waals surface area contributed by atoms with E-state index in [2.05, 4.69) is 5.32 Å². The molecule has 0 aromatic heterocycles. The molecule has 0 bridgehead atoms. The fourth-order valence-electron chi connectivity index (χ4n) is 2.11. The van der Waals surface area contributed by atoms with Crippen molar-refractivity contribution in [1.29, 1.82) is 0 Å². The highest BCUT2D eigenvalue weighted by atomic mass is 16.1. The molecule has 19 heavy (non-hydrogen) atoms. The van der Waals surface area contributed by atoms with E-state index in [0.29, 0.717) is 6.42 Å². The molecule has 0 aliphatic rings. The van der Waals surface area contributed by atoms with Crippen molar-refractivity contribution in [3.05, 3.63) is 71.3 Å². The van der Waals surface area contributed by atoms with Gasteiger partial charge in [0, 0.05) is 18.0 Å². The smallest absolute Gasteiger partial charge is 0.164 e. The second-order valence-electron chi connectivity index (χ2n) is 4.75. The summed E-state index contributed by atoms with van der Waals surface area (Å²) >= 11 is 0. The number of Topliss-reactive ketones (excluding diaryl/α,β-unsaturated/α-hetero) is 1. The summed E-state index contributed by atoms with van der Waals surface area (Å²) in [6.45, 7) is 2.02. The molecular formula is C17H19NO. The van der Waals surface area contributed by atoms with Gasteiger partial charge in [-0.05, 0) is 19.5 Å². The highest BCUT2D eigenvalue weighted by Gasteiger charge is 2.15. The van der Waals surface area contributed by atoms with E-state index in [1.54, 1.807) is 0 Å². The first-order valence-corrected chi connectivity index (χ1v) is 6.53. The molecule has 2 rings (SSSR count). The standard InChI is InChI=1S/C17H19NO/c1-13-8-10-15(11-9-13)17(19)12-16(18-2)14-6-4-3-5-7-14/h3-11,16,18H,12H2,1-2H3. The number of ketones is 1. The summed E-state index contributed by atoms with van der Waals surface area (Å²) in [5.41, 5.74) is 3.09. The Bertz CT molecular complexity index is 531. The number of aryl methyl sites for hydroxylation is 1. The molecule has 1 N–H and O–H groups in total. The van der Waals surface area contributed by atoms with Crippen molar-refractivity contribution >= 4 is 5.78 Å². The number of nitrogens with one attached hydrogen (secondary N) is 1. The van der Waals surface area contributed by atoms with Crippen LogP contribution < -0.4 is 5.32 Å². The van der Waals surface area contributed by atoms with E-state index in [0.717, 1.165) is 11.1 Å². The Labute approximate surface area is 114 Å². The van der Waals surface area contributed by atoms with Crippen molar-refractivity contribution in [3.8, 4) is 0 Å². The average molecular weight is 253 g/mol. The minimum Gasteiger partial charge on any atom is -0.313 e. The Balaban J connectivity index is 2.10. The molecule has 0 aliphatic carbocycles. The van der Waals surface area contributed by atoms with Gasteiger partial charge in [-0.3, -0.25) is 4.79 Å². The van der Waals surface area contributed by atoms with Crippen molar-refractivity contribution < 1.29 is 4.79 Å². The van der Waals surface area contributed by atoms with Gasteiger partial charge in [0.05, 0.1) is 0 Å². The second kappa shape index (κ2) is 6.30. The number of hydrogen-bond acceptors (Lipinski definition) is 2. The molecule has 2 heteroatoms. The van der Waals surface area contributed by atoms with Crippen LogP contribution in [0, 0.1) is 6.92 Å². The maximum atomic E-state index is 12.3. The van der Waals surface area contributed by atoms with Crippen LogP contribution in [-0.4, -0.2) is 12.8 Å². The van der Waals surface area contributed by atoms with E-state index in [1.807, 2.05) is 68.6 Å². The molecule has 1 atom stereocenters. The van der Waals surface area contributed by atoms with Crippen LogP contribution in [-0.2, 0) is 0 Å². The van der Waals surface area contributed by atoms with E-state index in [1.165, 1.54) is 5.56 Å². The van der Waals surface area contributed by atoms with E-state index in [9.17, 15) is 4.79 Å². The predicted octanol–water partition coefficient (Wildman–Crippen LogP) is 3.53. The van der Waals surface area contributed by atoms with E-state index in [-0.39, 0.29) is 11.8 Å². The SMILES string of the molecule is CNC(CC(=O)c1ccc(C)cc1)c1ccccc1. The van der Waals surface area contributed by atoms with Gasteiger partial charge in [-0.15, -0.1) is 0 Å². The lowest BCUT2D eigenvalue weighted by Gasteiger charge is -2.15. The Kier molecular flexibility index (Phi) is 4.48. The van der Waals surface area contributed by atoms with Gasteiger partial charge in [0.25, 0.3) is 0 Å². The molecule has 98 valence electrons. The quantitative estimate of drug-likeness (QED) is 0.826. The van der Waals surface area contributed by atoms with Crippen LogP contribution in [0.2, 0.25) is 0 Å². The molecule has 0 spiro atoms. The second-order valence-corrected chi connectivity index (χ2v) is 4.75. The molecule has 0 saturated carbocycles. The molecule has 1 unspecified atom stereocenters. The van der Waals surface area contributed by atoms with Gasteiger partial charge < -0.3 is 5.32 Å². The molecule has 0 radical (unpaired) electrons. The third-order valence-electron chi connectivity index (χ3n) is 3.31. The zero-order valence-electron chi connectivity index (χ0n) is 11.4. The zero-order valence-corrected chi connectivity index (χ0v) is 11.4. The molecule has 0 aliphatic heterocycles. The normalized spacial score (nSPS) is 12.1. The fourth-order valence-corrected chi connectivity index (χ4v) is 2.11. The summed E-state index contributed by atoms with van der Waals surface area (Å²) in [4.78, 5) is 12.3. The minimum atomic E-state index is 0.0648. The molecule has 2 aromatic carbocycles. The molecule has 0 heterocycles. The number of carbonyl (C=O) groups excluding carboxylic acids is 1. The lowest BCUT2D eigenvalue weighted by atomic mass is 9.98. The van der Waals surface area contributed by atoms with Gasteiger partial charge in [-0.2, -0.15) is 0 Å². The van der Waals surface area contributed by atoms with Gasteiger partial charge in [0.15, 0.2) is 5.78 Å². The maximum absolute atomic E-state index is 12.3. The average Bonchev–Trinajstić information content (AvgIpc) is 2.46. The fraction of sp³-hybridized carbons (Fsp3) is 0.235. The van der Waals surface area contributed by atoms with Gasteiger partial charge in [-0.1, -0.05) is 60.2 Å². The van der Waals surface area contributed by atoms with Crippen LogP contribution in [0.4, 0.5) is 0 Å². The third-order valence-corrected chi connectivity index (χ3v) is 3.31. The minimum absolute atomic E-state index is 0.0648.